The van der Waals surface area contributed by atoms with E-state index in [1.807, 2.05) is 18.2 Å². The van der Waals surface area contributed by atoms with E-state index in [1.165, 1.54) is 18.1 Å². The molecule has 0 unspecified atom stereocenters. The van der Waals surface area contributed by atoms with Crippen LogP contribution in [0.5, 0.6) is 0 Å². The monoisotopic (exact) mass is 314 g/mol. The summed E-state index contributed by atoms with van der Waals surface area (Å²) in [4.78, 5) is 23.9. The van der Waals surface area contributed by atoms with Gasteiger partial charge in [0.05, 0.1) is 11.8 Å². The molecule has 2 amide bonds. The predicted molar refractivity (Wildman–Crippen MR) is 88.1 cm³/mol. The van der Waals surface area contributed by atoms with E-state index < -0.39 is 6.04 Å². The molecule has 1 heterocycles. The van der Waals surface area contributed by atoms with Crippen LogP contribution in [0.1, 0.15) is 42.1 Å². The van der Waals surface area contributed by atoms with Crippen molar-refractivity contribution in [3.63, 3.8) is 0 Å². The maximum absolute atomic E-state index is 12.0. The molecule has 2 atom stereocenters. The molecule has 5 nitrogen and oxygen atoms in total. The van der Waals surface area contributed by atoms with E-state index in [1.54, 1.807) is 13.0 Å². The summed E-state index contributed by atoms with van der Waals surface area (Å²) >= 11 is 0. The standard InChI is InChI=1S/C18H22N2O3/c1-13(15-6-4-3-5-7-15)8-10-19-17(21)14(2)20-18(22)16-9-11-23-12-16/h3-7,9,11-14H,8,10H2,1-2H3,(H,19,21)(H,20,22)/t13-,14+/m0/s1. The van der Waals surface area contributed by atoms with Crippen LogP contribution in [0.25, 0.3) is 0 Å². The molecule has 1 aromatic heterocycles. The van der Waals surface area contributed by atoms with Crippen molar-refractivity contribution in [2.24, 2.45) is 0 Å². The molecule has 0 aliphatic carbocycles. The third-order valence-corrected chi connectivity index (χ3v) is 3.77. The molecule has 23 heavy (non-hydrogen) atoms. The van der Waals surface area contributed by atoms with E-state index in [0.717, 1.165) is 6.42 Å². The van der Waals surface area contributed by atoms with Gasteiger partial charge in [0.25, 0.3) is 5.91 Å². The van der Waals surface area contributed by atoms with Crippen LogP contribution in [0.2, 0.25) is 0 Å². The molecule has 2 aromatic rings. The Hall–Kier alpha value is -2.56. The van der Waals surface area contributed by atoms with Crippen LogP contribution >= 0.6 is 0 Å². The Morgan fingerprint density at radius 2 is 1.87 bits per heavy atom. The van der Waals surface area contributed by atoms with Gasteiger partial charge in [-0.15, -0.1) is 0 Å². The summed E-state index contributed by atoms with van der Waals surface area (Å²) in [6, 6.07) is 11.1. The van der Waals surface area contributed by atoms with Crippen molar-refractivity contribution >= 4 is 11.8 Å². The van der Waals surface area contributed by atoms with Gasteiger partial charge in [-0.3, -0.25) is 9.59 Å². The highest BCUT2D eigenvalue weighted by atomic mass is 16.3. The summed E-state index contributed by atoms with van der Waals surface area (Å²) in [6.45, 7) is 4.36. The molecule has 2 N–H and O–H groups in total. The van der Waals surface area contributed by atoms with Gasteiger partial charge < -0.3 is 15.1 Å². The van der Waals surface area contributed by atoms with Crippen LogP contribution in [0, 0.1) is 0 Å². The molecule has 0 saturated heterocycles. The minimum absolute atomic E-state index is 0.192. The fraction of sp³-hybridized carbons (Fsp3) is 0.333. The molecule has 0 saturated carbocycles. The Balaban J connectivity index is 1.73. The van der Waals surface area contributed by atoms with Crippen LogP contribution in [-0.4, -0.2) is 24.4 Å². The second kappa shape index (κ2) is 8.17. The second-order valence-electron chi connectivity index (χ2n) is 5.60. The molecule has 0 aliphatic heterocycles. The van der Waals surface area contributed by atoms with Gasteiger partial charge in [0.15, 0.2) is 0 Å². The lowest BCUT2D eigenvalue weighted by atomic mass is 9.98. The van der Waals surface area contributed by atoms with Crippen molar-refractivity contribution in [3.8, 4) is 0 Å². The fourth-order valence-corrected chi connectivity index (χ4v) is 2.25. The SMILES string of the molecule is C[C@@H](NC(=O)c1ccoc1)C(=O)NCC[C@H](C)c1ccccc1. The predicted octanol–water partition coefficient (Wildman–Crippen LogP) is 2.71. The van der Waals surface area contributed by atoms with Crippen molar-refractivity contribution in [2.45, 2.75) is 32.2 Å². The quantitative estimate of drug-likeness (QED) is 0.825. The Bertz CT molecular complexity index is 623. The zero-order valence-corrected chi connectivity index (χ0v) is 13.4. The van der Waals surface area contributed by atoms with Gasteiger partial charge in [-0.25, -0.2) is 0 Å². The highest BCUT2D eigenvalue weighted by Crippen LogP contribution is 2.17. The third-order valence-electron chi connectivity index (χ3n) is 3.77. The largest absolute Gasteiger partial charge is 0.472 e. The Kier molecular flexibility index (Phi) is 5.97. The number of carbonyl (C=O) groups is 2. The molecule has 1 aromatic carbocycles. The van der Waals surface area contributed by atoms with Crippen molar-refractivity contribution in [1.29, 1.82) is 0 Å². The first kappa shape index (κ1) is 16.8. The fourth-order valence-electron chi connectivity index (χ4n) is 2.25. The molecule has 0 spiro atoms. The van der Waals surface area contributed by atoms with E-state index in [9.17, 15) is 9.59 Å². The molecule has 0 fully saturated rings. The van der Waals surface area contributed by atoms with Crippen LogP contribution in [0.15, 0.2) is 53.3 Å². The maximum atomic E-state index is 12.0. The van der Waals surface area contributed by atoms with Gasteiger partial charge in [0.1, 0.15) is 12.3 Å². The summed E-state index contributed by atoms with van der Waals surface area (Å²) < 4.78 is 4.85. The Labute approximate surface area is 136 Å². The molecular formula is C18H22N2O3. The minimum Gasteiger partial charge on any atom is -0.472 e. The zero-order chi connectivity index (χ0) is 16.7. The lowest BCUT2D eigenvalue weighted by Crippen LogP contribution is -2.45. The van der Waals surface area contributed by atoms with E-state index >= 15 is 0 Å². The molecule has 5 heteroatoms. The van der Waals surface area contributed by atoms with Crippen molar-refractivity contribution < 1.29 is 14.0 Å². The molecule has 0 radical (unpaired) electrons. The number of rotatable bonds is 7. The van der Waals surface area contributed by atoms with Gasteiger partial charge in [0, 0.05) is 6.54 Å². The average Bonchev–Trinajstić information content (AvgIpc) is 3.10. The summed E-state index contributed by atoms with van der Waals surface area (Å²) in [5, 5.41) is 5.50. The van der Waals surface area contributed by atoms with E-state index in [0.29, 0.717) is 18.0 Å². The lowest BCUT2D eigenvalue weighted by molar-refractivity contribution is -0.122. The molecule has 122 valence electrons. The molecule has 2 rings (SSSR count). The second-order valence-corrected chi connectivity index (χ2v) is 5.60. The first-order valence-electron chi connectivity index (χ1n) is 7.73. The minimum atomic E-state index is -0.593. The topological polar surface area (TPSA) is 71.3 Å². The van der Waals surface area contributed by atoms with Gasteiger partial charge in [-0.05, 0) is 30.9 Å². The summed E-state index contributed by atoms with van der Waals surface area (Å²) in [5.41, 5.74) is 1.66. The number of nitrogens with one attached hydrogen (secondary N) is 2. The number of hydrogen-bond donors (Lipinski definition) is 2. The third kappa shape index (κ3) is 4.98. The highest BCUT2D eigenvalue weighted by molar-refractivity contribution is 5.97. The van der Waals surface area contributed by atoms with Crippen molar-refractivity contribution in [3.05, 3.63) is 60.1 Å². The summed E-state index contributed by atoms with van der Waals surface area (Å²) in [7, 11) is 0. The van der Waals surface area contributed by atoms with E-state index in [2.05, 4.69) is 29.7 Å². The number of benzene rings is 1. The lowest BCUT2D eigenvalue weighted by Gasteiger charge is -2.16. The Morgan fingerprint density at radius 1 is 1.13 bits per heavy atom. The van der Waals surface area contributed by atoms with Crippen LogP contribution in [-0.2, 0) is 4.79 Å². The Morgan fingerprint density at radius 3 is 2.52 bits per heavy atom. The number of hydrogen-bond acceptors (Lipinski definition) is 3. The first-order valence-corrected chi connectivity index (χ1v) is 7.73. The molecular weight excluding hydrogens is 292 g/mol. The highest BCUT2D eigenvalue weighted by Gasteiger charge is 2.17. The number of carbonyl (C=O) groups excluding carboxylic acids is 2. The van der Waals surface area contributed by atoms with Crippen LogP contribution in [0.3, 0.4) is 0 Å². The van der Waals surface area contributed by atoms with Gasteiger partial charge in [-0.1, -0.05) is 37.3 Å². The van der Waals surface area contributed by atoms with Crippen LogP contribution in [0.4, 0.5) is 0 Å². The van der Waals surface area contributed by atoms with E-state index in [4.69, 9.17) is 4.42 Å². The average molecular weight is 314 g/mol. The van der Waals surface area contributed by atoms with E-state index in [-0.39, 0.29) is 11.8 Å². The summed E-state index contributed by atoms with van der Waals surface area (Å²) in [6.07, 6.45) is 3.62. The van der Waals surface area contributed by atoms with Crippen LogP contribution < -0.4 is 10.6 Å². The molecule has 0 aliphatic rings. The van der Waals surface area contributed by atoms with Crippen molar-refractivity contribution in [2.75, 3.05) is 6.54 Å². The van der Waals surface area contributed by atoms with Gasteiger partial charge >= 0.3 is 0 Å². The van der Waals surface area contributed by atoms with Gasteiger partial charge in [0.2, 0.25) is 5.91 Å². The van der Waals surface area contributed by atoms with Gasteiger partial charge in [-0.2, -0.15) is 0 Å². The summed E-state index contributed by atoms with van der Waals surface area (Å²) in [5.74, 6) is -0.145. The van der Waals surface area contributed by atoms with Crippen molar-refractivity contribution in [1.82, 2.24) is 10.6 Å². The first-order chi connectivity index (χ1) is 11.1. The number of furan rings is 1. The molecule has 0 bridgehead atoms. The number of amides is 2. The maximum Gasteiger partial charge on any atom is 0.255 e. The smallest absolute Gasteiger partial charge is 0.255 e. The normalized spacial score (nSPS) is 13.1. The zero-order valence-electron chi connectivity index (χ0n) is 13.4.